The zero-order valence-electron chi connectivity index (χ0n) is 9.05. The molecule has 0 saturated carbocycles. The molecule has 1 aromatic rings. The Morgan fingerprint density at radius 1 is 1.53 bits per heavy atom. The van der Waals surface area contributed by atoms with Gasteiger partial charge >= 0.3 is 0 Å². The second kappa shape index (κ2) is 5.73. The molecule has 0 amide bonds. The Bertz CT molecular complexity index is 361. The van der Waals surface area contributed by atoms with E-state index >= 15 is 0 Å². The standard InChI is InChI=1S/C11H16ClN3/c1-3-6-14-11(15-13)9-5-4-8(2)7-10(9)12/h4-5,7H,3,6,13H2,1-2H3,(H,14,15). The molecule has 4 heteroatoms. The maximum Gasteiger partial charge on any atom is 0.144 e. The fourth-order valence-electron chi connectivity index (χ4n) is 1.24. The minimum Gasteiger partial charge on any atom is -0.308 e. The zero-order valence-corrected chi connectivity index (χ0v) is 9.80. The molecule has 3 N–H and O–H groups in total. The zero-order chi connectivity index (χ0) is 11.3. The molecule has 15 heavy (non-hydrogen) atoms. The minimum absolute atomic E-state index is 0.641. The molecule has 0 radical (unpaired) electrons. The van der Waals surface area contributed by atoms with Crippen molar-refractivity contribution in [2.75, 3.05) is 6.54 Å². The summed E-state index contributed by atoms with van der Waals surface area (Å²) in [5.74, 6) is 6.05. The van der Waals surface area contributed by atoms with Crippen LogP contribution in [-0.2, 0) is 0 Å². The van der Waals surface area contributed by atoms with Crippen LogP contribution in [-0.4, -0.2) is 12.4 Å². The molecule has 0 aliphatic carbocycles. The lowest BCUT2D eigenvalue weighted by molar-refractivity contribution is 0.907. The SMILES string of the molecule is CCCN=C(NN)c1ccc(C)cc1Cl. The molecule has 0 atom stereocenters. The van der Waals surface area contributed by atoms with Crippen LogP contribution in [0.2, 0.25) is 5.02 Å². The van der Waals surface area contributed by atoms with E-state index in [2.05, 4.69) is 17.3 Å². The second-order valence-corrected chi connectivity index (χ2v) is 3.77. The summed E-state index contributed by atoms with van der Waals surface area (Å²) in [6.45, 7) is 4.80. The summed E-state index contributed by atoms with van der Waals surface area (Å²) in [4.78, 5) is 4.32. The summed E-state index contributed by atoms with van der Waals surface area (Å²) in [7, 11) is 0. The van der Waals surface area contributed by atoms with Crippen molar-refractivity contribution >= 4 is 17.4 Å². The second-order valence-electron chi connectivity index (χ2n) is 3.36. The molecule has 0 aromatic heterocycles. The summed E-state index contributed by atoms with van der Waals surface area (Å²) in [6, 6.07) is 5.81. The highest BCUT2D eigenvalue weighted by Crippen LogP contribution is 2.17. The molecule has 0 heterocycles. The van der Waals surface area contributed by atoms with Crippen molar-refractivity contribution in [3.8, 4) is 0 Å². The van der Waals surface area contributed by atoms with Gasteiger partial charge in [-0.15, -0.1) is 0 Å². The molecule has 0 aliphatic rings. The van der Waals surface area contributed by atoms with E-state index in [1.165, 1.54) is 0 Å². The van der Waals surface area contributed by atoms with E-state index in [1.807, 2.05) is 25.1 Å². The summed E-state index contributed by atoms with van der Waals surface area (Å²) < 4.78 is 0. The van der Waals surface area contributed by atoms with Gasteiger partial charge in [-0.2, -0.15) is 0 Å². The maximum atomic E-state index is 6.11. The van der Waals surface area contributed by atoms with E-state index in [-0.39, 0.29) is 0 Å². The predicted octanol–water partition coefficient (Wildman–Crippen LogP) is 2.27. The molecule has 0 fully saturated rings. The van der Waals surface area contributed by atoms with Crippen molar-refractivity contribution in [1.29, 1.82) is 0 Å². The Balaban J connectivity index is 3.02. The average molecular weight is 226 g/mol. The molecule has 0 bridgehead atoms. The van der Waals surface area contributed by atoms with Gasteiger partial charge in [-0.3, -0.25) is 4.99 Å². The molecule has 3 nitrogen and oxygen atoms in total. The third kappa shape index (κ3) is 3.22. The Morgan fingerprint density at radius 3 is 2.80 bits per heavy atom. The Labute approximate surface area is 95.3 Å². The number of rotatable bonds is 3. The predicted molar refractivity (Wildman–Crippen MR) is 65.2 cm³/mol. The summed E-state index contributed by atoms with van der Waals surface area (Å²) in [5.41, 5.74) is 4.55. The fraction of sp³-hybridized carbons (Fsp3) is 0.364. The highest BCUT2D eigenvalue weighted by Gasteiger charge is 2.06. The number of benzene rings is 1. The first-order valence-electron chi connectivity index (χ1n) is 4.96. The minimum atomic E-state index is 0.641. The number of aliphatic imine (C=N–C) groups is 1. The Hall–Kier alpha value is -1.06. The van der Waals surface area contributed by atoms with Crippen LogP contribution < -0.4 is 11.3 Å². The van der Waals surface area contributed by atoms with Crippen molar-refractivity contribution in [2.24, 2.45) is 10.8 Å². The van der Waals surface area contributed by atoms with Gasteiger partial charge in [0.25, 0.3) is 0 Å². The van der Waals surface area contributed by atoms with Crippen LogP contribution in [0, 0.1) is 6.92 Å². The number of aryl methyl sites for hydroxylation is 1. The van der Waals surface area contributed by atoms with Crippen LogP contribution in [0.4, 0.5) is 0 Å². The third-order valence-electron chi connectivity index (χ3n) is 2.01. The van der Waals surface area contributed by atoms with Crippen LogP contribution >= 0.6 is 11.6 Å². The van der Waals surface area contributed by atoms with Gasteiger partial charge < -0.3 is 5.43 Å². The molecule has 0 aliphatic heterocycles. The molecule has 1 rings (SSSR count). The van der Waals surface area contributed by atoms with Crippen molar-refractivity contribution in [2.45, 2.75) is 20.3 Å². The van der Waals surface area contributed by atoms with E-state index in [4.69, 9.17) is 17.4 Å². The number of hydrogen-bond donors (Lipinski definition) is 2. The first-order chi connectivity index (χ1) is 7.19. The lowest BCUT2D eigenvalue weighted by Crippen LogP contribution is -2.31. The smallest absolute Gasteiger partial charge is 0.144 e. The lowest BCUT2D eigenvalue weighted by Gasteiger charge is -2.08. The molecule has 0 saturated heterocycles. The van der Waals surface area contributed by atoms with Gasteiger partial charge in [-0.25, -0.2) is 5.84 Å². The van der Waals surface area contributed by atoms with Gasteiger partial charge in [0.05, 0.1) is 5.02 Å². The van der Waals surface area contributed by atoms with E-state index in [0.29, 0.717) is 10.9 Å². The summed E-state index contributed by atoms with van der Waals surface area (Å²) in [5, 5.41) is 0.669. The molecule has 82 valence electrons. The van der Waals surface area contributed by atoms with Gasteiger partial charge in [0.1, 0.15) is 5.84 Å². The van der Waals surface area contributed by atoms with Crippen molar-refractivity contribution < 1.29 is 0 Å². The number of halogens is 1. The van der Waals surface area contributed by atoms with Gasteiger partial charge in [-0.05, 0) is 31.0 Å². The van der Waals surface area contributed by atoms with Gasteiger partial charge in [-0.1, -0.05) is 24.6 Å². The summed E-state index contributed by atoms with van der Waals surface area (Å²) >= 11 is 6.11. The lowest BCUT2D eigenvalue weighted by atomic mass is 10.1. The van der Waals surface area contributed by atoms with Gasteiger partial charge in [0.15, 0.2) is 0 Å². The van der Waals surface area contributed by atoms with Crippen LogP contribution in [0.25, 0.3) is 0 Å². The number of nitrogens with one attached hydrogen (secondary N) is 1. The quantitative estimate of drug-likeness (QED) is 0.359. The number of nitrogens with zero attached hydrogens (tertiary/aromatic N) is 1. The first kappa shape index (κ1) is 12.0. The van der Waals surface area contributed by atoms with E-state index in [1.54, 1.807) is 0 Å². The van der Waals surface area contributed by atoms with Crippen LogP contribution in [0.15, 0.2) is 23.2 Å². The number of amidine groups is 1. The normalized spacial score (nSPS) is 11.6. The Kier molecular flexibility index (Phi) is 4.59. The molecule has 0 unspecified atom stereocenters. The van der Waals surface area contributed by atoms with Crippen LogP contribution in [0.3, 0.4) is 0 Å². The molecule has 1 aromatic carbocycles. The summed E-state index contributed by atoms with van der Waals surface area (Å²) in [6.07, 6.45) is 0.981. The van der Waals surface area contributed by atoms with Gasteiger partial charge in [0.2, 0.25) is 0 Å². The van der Waals surface area contributed by atoms with Crippen LogP contribution in [0.1, 0.15) is 24.5 Å². The van der Waals surface area contributed by atoms with E-state index in [9.17, 15) is 0 Å². The highest BCUT2D eigenvalue weighted by atomic mass is 35.5. The number of hydrazine groups is 1. The Morgan fingerprint density at radius 2 is 2.27 bits per heavy atom. The average Bonchev–Trinajstić information content (AvgIpc) is 2.21. The van der Waals surface area contributed by atoms with Crippen LogP contribution in [0.5, 0.6) is 0 Å². The van der Waals surface area contributed by atoms with Crippen molar-refractivity contribution in [1.82, 2.24) is 5.43 Å². The highest BCUT2D eigenvalue weighted by molar-refractivity contribution is 6.34. The van der Waals surface area contributed by atoms with E-state index < -0.39 is 0 Å². The monoisotopic (exact) mass is 225 g/mol. The maximum absolute atomic E-state index is 6.11. The van der Waals surface area contributed by atoms with Gasteiger partial charge in [0, 0.05) is 12.1 Å². The topological polar surface area (TPSA) is 50.4 Å². The fourth-order valence-corrected chi connectivity index (χ4v) is 1.57. The van der Waals surface area contributed by atoms with Crippen molar-refractivity contribution in [3.63, 3.8) is 0 Å². The molecular formula is C11H16ClN3. The number of hydrogen-bond acceptors (Lipinski definition) is 2. The third-order valence-corrected chi connectivity index (χ3v) is 2.32. The number of nitrogens with two attached hydrogens (primary N) is 1. The van der Waals surface area contributed by atoms with Crippen molar-refractivity contribution in [3.05, 3.63) is 34.3 Å². The first-order valence-corrected chi connectivity index (χ1v) is 5.34. The van der Waals surface area contributed by atoms with E-state index in [0.717, 1.165) is 24.1 Å². The largest absolute Gasteiger partial charge is 0.308 e. The molecular weight excluding hydrogens is 210 g/mol. The molecule has 0 spiro atoms.